The average Bonchev–Trinajstić information content (AvgIpc) is 2.46. The van der Waals surface area contributed by atoms with E-state index in [0.717, 1.165) is 12.1 Å². The summed E-state index contributed by atoms with van der Waals surface area (Å²) in [6, 6.07) is 7.12. The number of hydrogen-bond acceptors (Lipinski definition) is 5. The molecule has 0 bridgehead atoms. The van der Waals surface area contributed by atoms with Gasteiger partial charge in [0.05, 0.1) is 17.4 Å². The van der Waals surface area contributed by atoms with E-state index in [0.29, 0.717) is 5.69 Å². The van der Waals surface area contributed by atoms with E-state index in [2.05, 4.69) is 0 Å². The number of hydrogen-bond donors (Lipinski definition) is 1. The standard InChI is InChI=1S/C13H10ClN3O4/c14-11-9(13(18)19)4-5-10(17(20)21)12(11)16-6-2-1-3-8(16)7-15/h1-6H,7,15H2. The van der Waals surface area contributed by atoms with Crippen LogP contribution in [0.1, 0.15) is 16.1 Å². The number of benzene rings is 1. The number of pyridine rings is 1. The summed E-state index contributed by atoms with van der Waals surface area (Å²) in [4.78, 5) is 21.6. The third-order valence-electron chi connectivity index (χ3n) is 2.91. The smallest absolute Gasteiger partial charge is 0.342 e. The molecule has 1 aromatic carbocycles. The Hall–Kier alpha value is -2.51. The highest BCUT2D eigenvalue weighted by molar-refractivity contribution is 6.35. The fraction of sp³-hybridized carbons (Fsp3) is 0.0769. The van der Waals surface area contributed by atoms with E-state index in [1.54, 1.807) is 18.2 Å². The first-order chi connectivity index (χ1) is 9.97. The first-order valence-electron chi connectivity index (χ1n) is 5.85. The molecular weight excluding hydrogens is 298 g/mol. The Kier molecular flexibility index (Phi) is 4.15. The van der Waals surface area contributed by atoms with Crippen LogP contribution in [0, 0.1) is 10.1 Å². The van der Waals surface area contributed by atoms with Crippen LogP contribution in [-0.4, -0.2) is 10.9 Å². The van der Waals surface area contributed by atoms with E-state index < -0.39 is 10.9 Å². The van der Waals surface area contributed by atoms with Crippen molar-refractivity contribution in [2.45, 2.75) is 6.54 Å². The zero-order valence-corrected chi connectivity index (χ0v) is 11.4. The van der Waals surface area contributed by atoms with Crippen molar-refractivity contribution in [1.82, 2.24) is 0 Å². The summed E-state index contributed by atoms with van der Waals surface area (Å²) < 4.78 is 1.40. The minimum absolute atomic E-state index is 0.0515. The van der Waals surface area contributed by atoms with E-state index in [1.165, 1.54) is 10.8 Å². The molecule has 2 aromatic rings. The molecule has 0 saturated heterocycles. The lowest BCUT2D eigenvalue weighted by molar-refractivity contribution is -0.609. The van der Waals surface area contributed by atoms with Gasteiger partial charge in [-0.15, -0.1) is 0 Å². The molecule has 2 N–H and O–H groups in total. The number of nitro groups is 1. The van der Waals surface area contributed by atoms with E-state index in [9.17, 15) is 20.0 Å². The van der Waals surface area contributed by atoms with Crippen molar-refractivity contribution < 1.29 is 19.4 Å². The van der Waals surface area contributed by atoms with Gasteiger partial charge in [-0.1, -0.05) is 17.7 Å². The third-order valence-corrected chi connectivity index (χ3v) is 3.29. The molecule has 0 saturated carbocycles. The normalized spacial score (nSPS) is 10.4. The van der Waals surface area contributed by atoms with Crippen LogP contribution >= 0.6 is 11.6 Å². The van der Waals surface area contributed by atoms with Crippen LogP contribution in [0.4, 0.5) is 5.69 Å². The van der Waals surface area contributed by atoms with Crippen LogP contribution in [0.5, 0.6) is 0 Å². The summed E-state index contributed by atoms with van der Waals surface area (Å²) in [7, 11) is 0. The van der Waals surface area contributed by atoms with Crippen molar-refractivity contribution in [3.05, 3.63) is 62.9 Å². The van der Waals surface area contributed by atoms with Gasteiger partial charge in [0.15, 0.2) is 6.20 Å². The Labute approximate surface area is 124 Å². The van der Waals surface area contributed by atoms with E-state index in [1.807, 2.05) is 0 Å². The maximum atomic E-state index is 11.2. The number of carboxylic acids is 1. The molecule has 0 unspecified atom stereocenters. The number of nitrogens with zero attached hydrogens (tertiary/aromatic N) is 2. The fourth-order valence-corrected chi connectivity index (χ4v) is 2.28. The third kappa shape index (κ3) is 2.69. The van der Waals surface area contributed by atoms with Gasteiger partial charge >= 0.3 is 11.4 Å². The number of aromatic carboxylic acids is 1. The molecule has 0 amide bonds. The topological polar surface area (TPSA) is 113 Å². The highest BCUT2D eigenvalue weighted by Crippen LogP contribution is 2.30. The van der Waals surface area contributed by atoms with E-state index in [4.69, 9.17) is 17.3 Å². The van der Waals surface area contributed by atoms with Crippen molar-refractivity contribution in [3.63, 3.8) is 0 Å². The summed E-state index contributed by atoms with van der Waals surface area (Å²) in [6.07, 6.45) is 1.52. The lowest BCUT2D eigenvalue weighted by atomic mass is 10.1. The van der Waals surface area contributed by atoms with Crippen molar-refractivity contribution >= 4 is 23.3 Å². The number of nitro benzene ring substituents is 1. The molecule has 1 heterocycles. The second kappa shape index (κ2) is 5.86. The predicted octanol–water partition coefficient (Wildman–Crippen LogP) is 0.347. The van der Waals surface area contributed by atoms with Gasteiger partial charge in [-0.2, -0.15) is 4.57 Å². The van der Waals surface area contributed by atoms with Gasteiger partial charge in [0.2, 0.25) is 5.69 Å². The monoisotopic (exact) mass is 307 g/mol. The zero-order valence-electron chi connectivity index (χ0n) is 10.7. The van der Waals surface area contributed by atoms with Gasteiger partial charge in [-0.25, -0.2) is 0 Å². The number of rotatable bonds is 4. The molecule has 0 spiro atoms. The Morgan fingerprint density at radius 2 is 2.05 bits per heavy atom. The minimum atomic E-state index is -1.51. The van der Waals surface area contributed by atoms with Crippen molar-refractivity contribution in [3.8, 4) is 5.69 Å². The SMILES string of the molecule is NCc1cccc[n+]1-c1c([N+](=O)[O-])ccc(C(=O)[O-])c1Cl. The molecule has 21 heavy (non-hydrogen) atoms. The van der Waals surface area contributed by atoms with Gasteiger partial charge in [0, 0.05) is 23.8 Å². The van der Waals surface area contributed by atoms with E-state index in [-0.39, 0.29) is 28.5 Å². The number of halogens is 1. The van der Waals surface area contributed by atoms with Crippen molar-refractivity contribution in [1.29, 1.82) is 0 Å². The van der Waals surface area contributed by atoms with E-state index >= 15 is 0 Å². The molecule has 0 atom stereocenters. The summed E-state index contributed by atoms with van der Waals surface area (Å²) in [5.74, 6) is -1.51. The second-order valence-electron chi connectivity index (χ2n) is 4.11. The number of aromatic nitrogens is 1. The fourth-order valence-electron chi connectivity index (χ4n) is 1.95. The molecule has 0 radical (unpaired) electrons. The average molecular weight is 308 g/mol. The Morgan fingerprint density at radius 1 is 1.33 bits per heavy atom. The summed E-state index contributed by atoms with van der Waals surface area (Å²) in [6.45, 7) is 0.101. The van der Waals surface area contributed by atoms with Crippen molar-refractivity contribution in [2.75, 3.05) is 0 Å². The van der Waals surface area contributed by atoms with Gasteiger partial charge < -0.3 is 15.6 Å². The molecule has 0 aliphatic rings. The molecule has 2 rings (SSSR count). The predicted molar refractivity (Wildman–Crippen MR) is 71.9 cm³/mol. The Morgan fingerprint density at radius 3 is 2.62 bits per heavy atom. The second-order valence-corrected chi connectivity index (χ2v) is 4.48. The molecule has 7 nitrogen and oxygen atoms in total. The summed E-state index contributed by atoms with van der Waals surface area (Å²) in [5, 5.41) is 21.9. The lowest BCUT2D eigenvalue weighted by Crippen LogP contribution is -2.38. The van der Waals surface area contributed by atoms with Crippen LogP contribution in [0.25, 0.3) is 5.69 Å². The zero-order chi connectivity index (χ0) is 15.6. The Balaban J connectivity index is 2.84. The molecule has 1 aromatic heterocycles. The maximum absolute atomic E-state index is 11.2. The van der Waals surface area contributed by atoms with Crippen LogP contribution in [0.2, 0.25) is 5.02 Å². The number of carbonyl (C=O) groups is 1. The highest BCUT2D eigenvalue weighted by Gasteiger charge is 2.30. The first-order valence-corrected chi connectivity index (χ1v) is 6.23. The quantitative estimate of drug-likeness (QED) is 0.497. The minimum Gasteiger partial charge on any atom is -0.545 e. The molecule has 0 aliphatic heterocycles. The van der Waals surface area contributed by atoms with Gasteiger partial charge in [0.1, 0.15) is 5.02 Å². The molecular formula is C13H10ClN3O4. The molecule has 8 heteroatoms. The maximum Gasteiger partial charge on any atom is 0.342 e. The van der Waals surface area contributed by atoms with Gasteiger partial charge in [-0.3, -0.25) is 10.1 Å². The number of carboxylic acid groups (broad SMARTS) is 1. The van der Waals surface area contributed by atoms with Crippen LogP contribution in [0.3, 0.4) is 0 Å². The number of carbonyl (C=O) groups excluding carboxylic acids is 1. The van der Waals surface area contributed by atoms with Crippen LogP contribution in [0.15, 0.2) is 36.5 Å². The number of nitrogens with two attached hydrogens (primary N) is 1. The molecule has 0 fully saturated rings. The lowest BCUT2D eigenvalue weighted by Gasteiger charge is -2.08. The Bertz CT molecular complexity index is 733. The summed E-state index contributed by atoms with van der Waals surface area (Å²) in [5.41, 5.74) is 5.44. The molecule has 108 valence electrons. The van der Waals surface area contributed by atoms with Gasteiger partial charge in [0.25, 0.3) is 0 Å². The van der Waals surface area contributed by atoms with Crippen molar-refractivity contribution in [2.24, 2.45) is 5.73 Å². The van der Waals surface area contributed by atoms with Crippen LogP contribution in [-0.2, 0) is 6.54 Å². The molecule has 0 aliphatic carbocycles. The first kappa shape index (κ1) is 14.9. The summed E-state index contributed by atoms with van der Waals surface area (Å²) >= 11 is 6.03. The highest BCUT2D eigenvalue weighted by atomic mass is 35.5. The van der Waals surface area contributed by atoms with Crippen LogP contribution < -0.4 is 15.4 Å². The van der Waals surface area contributed by atoms with Gasteiger partial charge in [-0.05, 0) is 6.07 Å². The largest absolute Gasteiger partial charge is 0.545 e.